The maximum atomic E-state index is 13.0. The minimum atomic E-state index is -0.0200. The molecule has 1 N–H and O–H groups in total. The number of hydrogen-bond donors (Lipinski definition) is 1. The summed E-state index contributed by atoms with van der Waals surface area (Å²) in [7, 11) is 1.64. The average Bonchev–Trinajstić information content (AvgIpc) is 3.61. The fourth-order valence-corrected chi connectivity index (χ4v) is 4.90. The van der Waals surface area contributed by atoms with E-state index in [0.717, 1.165) is 56.0 Å². The Bertz CT molecular complexity index is 1000. The number of benzene rings is 2. The zero-order valence-corrected chi connectivity index (χ0v) is 18.7. The summed E-state index contributed by atoms with van der Waals surface area (Å²) in [5.41, 5.74) is 3.27. The third-order valence-corrected chi connectivity index (χ3v) is 6.91. The van der Waals surface area contributed by atoms with Gasteiger partial charge >= 0.3 is 6.03 Å². The first-order chi connectivity index (χ1) is 15.7. The van der Waals surface area contributed by atoms with Gasteiger partial charge in [0.2, 0.25) is 0 Å². The first-order valence-electron chi connectivity index (χ1n) is 11.7. The lowest BCUT2D eigenvalue weighted by Gasteiger charge is -2.30. The lowest BCUT2D eigenvalue weighted by Crippen LogP contribution is -2.43. The SMILES string of the molecule is COc1ccc(NC(=O)N2CCCN3CC[C@H](c4ccc(C#CC5CC5)cc4)[C@@H]3C2)cc1. The molecule has 2 aromatic carbocycles. The van der Waals surface area contributed by atoms with Crippen LogP contribution >= 0.6 is 0 Å². The highest BCUT2D eigenvalue weighted by Gasteiger charge is 2.38. The number of fused-ring (bicyclic) bond motifs is 1. The molecule has 2 amide bonds. The number of amides is 2. The predicted octanol–water partition coefficient (Wildman–Crippen LogP) is 4.55. The number of nitrogens with one attached hydrogen (secondary N) is 1. The van der Waals surface area contributed by atoms with E-state index < -0.39 is 0 Å². The van der Waals surface area contributed by atoms with Crippen LogP contribution in [0.5, 0.6) is 5.75 Å². The lowest BCUT2D eigenvalue weighted by molar-refractivity contribution is 0.197. The van der Waals surface area contributed by atoms with Crippen molar-refractivity contribution in [3.63, 3.8) is 0 Å². The fraction of sp³-hybridized carbons (Fsp3) is 0.444. The van der Waals surface area contributed by atoms with Gasteiger partial charge in [0.25, 0.3) is 0 Å². The van der Waals surface area contributed by atoms with Gasteiger partial charge in [0.1, 0.15) is 5.75 Å². The molecular formula is C27H31N3O2. The Balaban J connectivity index is 1.26. The van der Waals surface area contributed by atoms with Gasteiger partial charge in [-0.15, -0.1) is 0 Å². The minimum absolute atomic E-state index is 0.0200. The number of carbonyl (C=O) groups is 1. The Morgan fingerprint density at radius 1 is 1.00 bits per heavy atom. The van der Waals surface area contributed by atoms with Crippen molar-refractivity contribution in [1.82, 2.24) is 9.80 Å². The molecule has 0 spiro atoms. The van der Waals surface area contributed by atoms with Gasteiger partial charge < -0.3 is 15.0 Å². The van der Waals surface area contributed by atoms with Gasteiger partial charge in [-0.1, -0.05) is 24.0 Å². The Kier molecular flexibility index (Phi) is 6.05. The van der Waals surface area contributed by atoms with Gasteiger partial charge in [-0.05, 0) is 74.2 Å². The third-order valence-electron chi connectivity index (χ3n) is 6.91. The third kappa shape index (κ3) is 4.76. The van der Waals surface area contributed by atoms with Crippen LogP contribution in [0.1, 0.15) is 42.7 Å². The van der Waals surface area contributed by atoms with E-state index >= 15 is 0 Å². The molecule has 2 atom stereocenters. The number of anilines is 1. The van der Waals surface area contributed by atoms with E-state index in [4.69, 9.17) is 4.74 Å². The number of rotatable bonds is 3. The van der Waals surface area contributed by atoms with Crippen molar-refractivity contribution >= 4 is 11.7 Å². The molecule has 2 saturated heterocycles. The van der Waals surface area contributed by atoms with Gasteiger partial charge in [0, 0.05) is 48.8 Å². The lowest BCUT2D eigenvalue weighted by atomic mass is 9.91. The largest absolute Gasteiger partial charge is 0.497 e. The second kappa shape index (κ2) is 9.26. The number of hydrogen-bond acceptors (Lipinski definition) is 3. The average molecular weight is 430 g/mol. The Hall–Kier alpha value is -2.97. The fourth-order valence-electron chi connectivity index (χ4n) is 4.90. The van der Waals surface area contributed by atoms with E-state index in [1.54, 1.807) is 7.11 Å². The summed E-state index contributed by atoms with van der Waals surface area (Å²) in [6, 6.07) is 16.7. The van der Waals surface area contributed by atoms with E-state index in [1.165, 1.54) is 18.4 Å². The van der Waals surface area contributed by atoms with E-state index in [1.807, 2.05) is 29.2 Å². The highest BCUT2D eigenvalue weighted by atomic mass is 16.5. The molecule has 0 unspecified atom stereocenters. The first kappa shape index (κ1) is 20.9. The van der Waals surface area contributed by atoms with Crippen molar-refractivity contribution in [3.8, 4) is 17.6 Å². The van der Waals surface area contributed by atoms with Crippen molar-refractivity contribution in [1.29, 1.82) is 0 Å². The van der Waals surface area contributed by atoms with E-state index in [2.05, 4.69) is 46.3 Å². The van der Waals surface area contributed by atoms with Gasteiger partial charge in [-0.2, -0.15) is 0 Å². The molecule has 0 bridgehead atoms. The topological polar surface area (TPSA) is 44.8 Å². The van der Waals surface area contributed by atoms with Crippen LogP contribution in [-0.4, -0.2) is 55.2 Å². The number of urea groups is 1. The predicted molar refractivity (Wildman–Crippen MR) is 127 cm³/mol. The second-order valence-corrected chi connectivity index (χ2v) is 9.12. The van der Waals surface area contributed by atoms with E-state index in [-0.39, 0.29) is 6.03 Å². The van der Waals surface area contributed by atoms with Crippen LogP contribution < -0.4 is 10.1 Å². The zero-order valence-electron chi connectivity index (χ0n) is 18.7. The van der Waals surface area contributed by atoms with Gasteiger partial charge in [-0.25, -0.2) is 4.79 Å². The summed E-state index contributed by atoms with van der Waals surface area (Å²) in [6.07, 6.45) is 4.67. The first-order valence-corrected chi connectivity index (χ1v) is 11.7. The number of nitrogens with zero attached hydrogens (tertiary/aromatic N) is 2. The molecule has 2 aliphatic heterocycles. The number of methoxy groups -OCH3 is 1. The molecule has 3 fully saturated rings. The molecule has 1 saturated carbocycles. The smallest absolute Gasteiger partial charge is 0.321 e. The second-order valence-electron chi connectivity index (χ2n) is 9.12. The monoisotopic (exact) mass is 429 g/mol. The standard InChI is InChI=1S/C27H31N3O2/c1-32-24-13-11-23(12-14-24)28-27(31)30-17-2-16-29-18-15-25(26(29)19-30)22-9-7-21(8-10-22)6-5-20-3-4-20/h7-14,20,25-26H,2-4,15-19H2,1H3,(H,28,31)/t25-,26+/m1/s1. The molecule has 166 valence electrons. The molecule has 32 heavy (non-hydrogen) atoms. The van der Waals surface area contributed by atoms with E-state index in [9.17, 15) is 4.79 Å². The van der Waals surface area contributed by atoms with Crippen molar-refractivity contribution < 1.29 is 9.53 Å². The number of carbonyl (C=O) groups excluding carboxylic acids is 1. The normalized spacial score (nSPS) is 23.0. The van der Waals surface area contributed by atoms with Crippen LogP contribution in [0.4, 0.5) is 10.5 Å². The highest BCUT2D eigenvalue weighted by Crippen LogP contribution is 2.35. The molecule has 2 aromatic rings. The minimum Gasteiger partial charge on any atom is -0.497 e. The van der Waals surface area contributed by atoms with Crippen molar-refractivity contribution in [2.24, 2.45) is 5.92 Å². The summed E-state index contributed by atoms with van der Waals surface area (Å²) in [4.78, 5) is 17.6. The molecule has 5 heteroatoms. The molecule has 0 aromatic heterocycles. The summed E-state index contributed by atoms with van der Waals surface area (Å²) in [5.74, 6) is 8.52. The summed E-state index contributed by atoms with van der Waals surface area (Å²) < 4.78 is 5.21. The zero-order chi connectivity index (χ0) is 21.9. The van der Waals surface area contributed by atoms with Crippen LogP contribution in [0.25, 0.3) is 0 Å². The molecule has 2 heterocycles. The maximum absolute atomic E-state index is 13.0. The van der Waals surface area contributed by atoms with Crippen LogP contribution in [0, 0.1) is 17.8 Å². The Labute approximate surface area is 190 Å². The van der Waals surface area contributed by atoms with Gasteiger partial charge in [0.15, 0.2) is 0 Å². The van der Waals surface area contributed by atoms with Crippen LogP contribution in [-0.2, 0) is 0 Å². The number of ether oxygens (including phenoxy) is 1. The molecule has 5 rings (SSSR count). The van der Waals surface area contributed by atoms with E-state index in [0.29, 0.717) is 17.9 Å². The van der Waals surface area contributed by atoms with Crippen molar-refractivity contribution in [2.45, 2.75) is 37.6 Å². The summed E-state index contributed by atoms with van der Waals surface area (Å²) in [5, 5.41) is 3.06. The maximum Gasteiger partial charge on any atom is 0.321 e. The molecule has 1 aliphatic carbocycles. The van der Waals surface area contributed by atoms with Crippen molar-refractivity contribution in [3.05, 3.63) is 59.7 Å². The van der Waals surface area contributed by atoms with Gasteiger partial charge in [-0.3, -0.25) is 4.90 Å². The Morgan fingerprint density at radius 3 is 2.50 bits per heavy atom. The van der Waals surface area contributed by atoms with Crippen LogP contribution in [0.3, 0.4) is 0 Å². The molecule has 0 radical (unpaired) electrons. The molecule has 5 nitrogen and oxygen atoms in total. The highest BCUT2D eigenvalue weighted by molar-refractivity contribution is 5.89. The van der Waals surface area contributed by atoms with Crippen LogP contribution in [0.2, 0.25) is 0 Å². The Morgan fingerprint density at radius 2 is 1.78 bits per heavy atom. The summed E-state index contributed by atoms with van der Waals surface area (Å²) >= 11 is 0. The van der Waals surface area contributed by atoms with Crippen LogP contribution in [0.15, 0.2) is 48.5 Å². The molecular weight excluding hydrogens is 398 g/mol. The van der Waals surface area contributed by atoms with Crippen molar-refractivity contribution in [2.75, 3.05) is 38.6 Å². The summed E-state index contributed by atoms with van der Waals surface area (Å²) in [6.45, 7) is 3.71. The molecule has 3 aliphatic rings. The van der Waals surface area contributed by atoms with Gasteiger partial charge in [0.05, 0.1) is 7.11 Å². The quantitative estimate of drug-likeness (QED) is 0.728.